The third kappa shape index (κ3) is 6.10. The molecule has 1 aliphatic heterocycles. The van der Waals surface area contributed by atoms with E-state index in [1.807, 2.05) is 6.07 Å². The number of carbonyl (C=O) groups is 1. The Hall–Kier alpha value is -2.86. The van der Waals surface area contributed by atoms with Gasteiger partial charge in [-0.05, 0) is 50.3 Å². The Bertz CT molecular complexity index is 1030. The Balaban J connectivity index is 1.34. The second-order valence-corrected chi connectivity index (χ2v) is 9.33. The van der Waals surface area contributed by atoms with Crippen molar-refractivity contribution < 1.29 is 4.79 Å². The molecule has 0 radical (unpaired) electrons. The molecule has 1 saturated heterocycles. The van der Waals surface area contributed by atoms with Gasteiger partial charge in [-0.25, -0.2) is 9.97 Å². The van der Waals surface area contributed by atoms with Crippen molar-refractivity contribution in [3.8, 4) is 0 Å². The van der Waals surface area contributed by atoms with Crippen LogP contribution in [0.5, 0.6) is 0 Å². The first kappa shape index (κ1) is 22.3. The van der Waals surface area contributed by atoms with Crippen molar-refractivity contribution in [2.45, 2.75) is 42.5 Å². The van der Waals surface area contributed by atoms with Crippen molar-refractivity contribution in [2.24, 2.45) is 5.92 Å². The van der Waals surface area contributed by atoms with Crippen LogP contribution in [0.1, 0.15) is 30.4 Å². The van der Waals surface area contributed by atoms with E-state index in [0.29, 0.717) is 13.1 Å². The molecule has 166 valence electrons. The van der Waals surface area contributed by atoms with E-state index in [-0.39, 0.29) is 11.8 Å². The van der Waals surface area contributed by atoms with E-state index in [4.69, 9.17) is 0 Å². The van der Waals surface area contributed by atoms with Crippen LogP contribution in [0.25, 0.3) is 0 Å². The van der Waals surface area contributed by atoms with Crippen molar-refractivity contribution in [3.05, 3.63) is 78.1 Å². The summed E-state index contributed by atoms with van der Waals surface area (Å²) in [6, 6.07) is 18.8. The maximum atomic E-state index is 12.8. The smallest absolute Gasteiger partial charge is 0.224 e. The fraction of sp³-hybridized carbons (Fsp3) is 0.346. The van der Waals surface area contributed by atoms with Crippen LogP contribution in [-0.4, -0.2) is 35.5 Å². The molecule has 4 rings (SSSR count). The van der Waals surface area contributed by atoms with E-state index < -0.39 is 0 Å². The molecule has 2 heterocycles. The lowest BCUT2D eigenvalue weighted by Crippen LogP contribution is -2.43. The quantitative estimate of drug-likeness (QED) is 0.499. The summed E-state index contributed by atoms with van der Waals surface area (Å²) in [7, 11) is 0. The number of amides is 1. The highest BCUT2D eigenvalue weighted by molar-refractivity contribution is 7.99. The predicted molar refractivity (Wildman–Crippen MR) is 130 cm³/mol. The molecule has 5 nitrogen and oxygen atoms in total. The Morgan fingerprint density at radius 3 is 2.81 bits per heavy atom. The first-order valence-electron chi connectivity index (χ1n) is 11.3. The van der Waals surface area contributed by atoms with Gasteiger partial charge in [0.05, 0.1) is 5.92 Å². The molecule has 1 amide bonds. The van der Waals surface area contributed by atoms with Crippen molar-refractivity contribution in [2.75, 3.05) is 24.5 Å². The maximum Gasteiger partial charge on any atom is 0.224 e. The first-order chi connectivity index (χ1) is 15.7. The van der Waals surface area contributed by atoms with E-state index in [1.54, 1.807) is 24.2 Å². The van der Waals surface area contributed by atoms with Crippen LogP contribution in [0, 0.1) is 12.8 Å². The zero-order valence-corrected chi connectivity index (χ0v) is 19.4. The third-order valence-corrected chi connectivity index (χ3v) is 6.70. The van der Waals surface area contributed by atoms with Gasteiger partial charge < -0.3 is 10.2 Å². The minimum Gasteiger partial charge on any atom is -0.356 e. The van der Waals surface area contributed by atoms with E-state index in [9.17, 15) is 4.79 Å². The summed E-state index contributed by atoms with van der Waals surface area (Å²) >= 11 is 1.63. The molecule has 0 spiro atoms. The number of rotatable bonds is 8. The van der Waals surface area contributed by atoms with Gasteiger partial charge in [-0.15, -0.1) is 0 Å². The Kier molecular flexibility index (Phi) is 7.77. The highest BCUT2D eigenvalue weighted by atomic mass is 32.2. The summed E-state index contributed by atoms with van der Waals surface area (Å²) in [6.45, 7) is 4.39. The Labute approximate surface area is 194 Å². The second kappa shape index (κ2) is 11.1. The minimum absolute atomic E-state index is 0.0145. The van der Waals surface area contributed by atoms with Gasteiger partial charge >= 0.3 is 0 Å². The molecule has 2 aromatic carbocycles. The van der Waals surface area contributed by atoms with Crippen LogP contribution < -0.4 is 10.2 Å². The highest BCUT2D eigenvalue weighted by Crippen LogP contribution is 2.34. The molecule has 1 N–H and O–H groups in total. The van der Waals surface area contributed by atoms with Gasteiger partial charge in [-0.1, -0.05) is 59.8 Å². The molecule has 1 fully saturated rings. The van der Waals surface area contributed by atoms with E-state index in [2.05, 4.69) is 75.6 Å². The molecule has 1 aromatic heterocycles. The molecular weight excluding hydrogens is 416 g/mol. The normalized spacial score (nSPS) is 16.0. The standard InChI is InChI=1S/C26H30N4OS/c1-20-8-5-13-23(18-20)32-26-24(27-15-16-29-26)30-17-7-12-22(19-30)25(31)28-14-6-11-21-9-3-2-4-10-21/h2-5,8-10,13,15-16,18,22H,6-7,11-12,14,17,19H2,1H3,(H,28,31). The Morgan fingerprint density at radius 2 is 1.97 bits per heavy atom. The Morgan fingerprint density at radius 1 is 1.12 bits per heavy atom. The summed E-state index contributed by atoms with van der Waals surface area (Å²) < 4.78 is 0. The van der Waals surface area contributed by atoms with Crippen LogP contribution in [0.3, 0.4) is 0 Å². The lowest BCUT2D eigenvalue weighted by Gasteiger charge is -2.33. The largest absolute Gasteiger partial charge is 0.356 e. The topological polar surface area (TPSA) is 58.1 Å². The van der Waals surface area contributed by atoms with Crippen LogP contribution in [0.2, 0.25) is 0 Å². The molecule has 32 heavy (non-hydrogen) atoms. The number of hydrogen-bond acceptors (Lipinski definition) is 5. The lowest BCUT2D eigenvalue weighted by molar-refractivity contribution is -0.125. The van der Waals surface area contributed by atoms with Crippen molar-refractivity contribution in [3.63, 3.8) is 0 Å². The molecular formula is C26H30N4OS. The van der Waals surface area contributed by atoms with Gasteiger partial charge in [0.2, 0.25) is 5.91 Å². The zero-order chi connectivity index (χ0) is 22.2. The fourth-order valence-corrected chi connectivity index (χ4v) is 5.08. The van der Waals surface area contributed by atoms with Crippen LogP contribution in [0.4, 0.5) is 5.82 Å². The van der Waals surface area contributed by atoms with Gasteiger partial charge in [-0.3, -0.25) is 4.79 Å². The fourth-order valence-electron chi connectivity index (χ4n) is 4.07. The number of aryl methyl sites for hydroxylation is 2. The summed E-state index contributed by atoms with van der Waals surface area (Å²) in [5.41, 5.74) is 2.54. The molecule has 3 aromatic rings. The number of carbonyl (C=O) groups excluding carboxylic acids is 1. The zero-order valence-electron chi connectivity index (χ0n) is 18.5. The summed E-state index contributed by atoms with van der Waals surface area (Å²) in [6.07, 6.45) is 7.31. The summed E-state index contributed by atoms with van der Waals surface area (Å²) in [4.78, 5) is 25.4. The lowest BCUT2D eigenvalue weighted by atomic mass is 9.97. The number of nitrogens with one attached hydrogen (secondary N) is 1. The maximum absolute atomic E-state index is 12.8. The minimum atomic E-state index is -0.0145. The van der Waals surface area contributed by atoms with Crippen LogP contribution >= 0.6 is 11.8 Å². The first-order valence-corrected chi connectivity index (χ1v) is 12.1. The van der Waals surface area contributed by atoms with Crippen LogP contribution in [0.15, 0.2) is 76.9 Å². The molecule has 0 aliphatic carbocycles. The van der Waals surface area contributed by atoms with E-state index in [0.717, 1.165) is 48.0 Å². The van der Waals surface area contributed by atoms with Crippen molar-refractivity contribution in [1.82, 2.24) is 15.3 Å². The van der Waals surface area contributed by atoms with Gasteiger partial charge in [0.25, 0.3) is 0 Å². The molecule has 1 atom stereocenters. The summed E-state index contributed by atoms with van der Waals surface area (Å²) in [5.74, 6) is 1.01. The highest BCUT2D eigenvalue weighted by Gasteiger charge is 2.28. The van der Waals surface area contributed by atoms with Gasteiger partial charge in [0, 0.05) is 36.9 Å². The number of hydrogen-bond donors (Lipinski definition) is 1. The van der Waals surface area contributed by atoms with E-state index in [1.165, 1.54) is 11.1 Å². The average molecular weight is 447 g/mol. The van der Waals surface area contributed by atoms with Gasteiger partial charge in [0.1, 0.15) is 5.03 Å². The van der Waals surface area contributed by atoms with Gasteiger partial charge in [0.15, 0.2) is 5.82 Å². The van der Waals surface area contributed by atoms with Crippen LogP contribution in [-0.2, 0) is 11.2 Å². The second-order valence-electron chi connectivity index (χ2n) is 8.27. The molecule has 6 heteroatoms. The van der Waals surface area contributed by atoms with Crippen molar-refractivity contribution >= 4 is 23.5 Å². The molecule has 1 unspecified atom stereocenters. The number of aromatic nitrogens is 2. The predicted octanol–water partition coefficient (Wildman–Crippen LogP) is 4.90. The van der Waals surface area contributed by atoms with Crippen molar-refractivity contribution in [1.29, 1.82) is 0 Å². The summed E-state index contributed by atoms with van der Waals surface area (Å²) in [5, 5.41) is 4.04. The SMILES string of the molecule is Cc1cccc(Sc2nccnc2N2CCCC(C(=O)NCCCc3ccccc3)C2)c1. The molecule has 0 bridgehead atoms. The van der Waals surface area contributed by atoms with Gasteiger partial charge in [-0.2, -0.15) is 0 Å². The average Bonchev–Trinajstić information content (AvgIpc) is 2.83. The third-order valence-electron chi connectivity index (χ3n) is 5.73. The molecule has 1 aliphatic rings. The number of piperidine rings is 1. The van der Waals surface area contributed by atoms with E-state index >= 15 is 0 Å². The number of benzene rings is 2. The monoisotopic (exact) mass is 446 g/mol. The number of nitrogens with zero attached hydrogens (tertiary/aromatic N) is 3. The number of anilines is 1. The molecule has 0 saturated carbocycles.